The molecule has 3 rings (SSSR count). The first-order valence-electron chi connectivity index (χ1n) is 6.14. The van der Waals surface area contributed by atoms with Gasteiger partial charge in [-0.05, 0) is 59.3 Å². The van der Waals surface area contributed by atoms with Crippen LogP contribution in [0.2, 0.25) is 10.0 Å². The van der Waals surface area contributed by atoms with Gasteiger partial charge < -0.3 is 10.4 Å². The lowest BCUT2D eigenvalue weighted by atomic mass is 9.85. The first-order valence-corrected chi connectivity index (χ1v) is 7.97. The number of anilines is 1. The third kappa shape index (κ3) is 2.25. The summed E-state index contributed by atoms with van der Waals surface area (Å²) in [5.41, 5.74) is 0.499. The number of rotatable bonds is 1. The number of nitrogens with one attached hydrogen (secondary N) is 1. The molecule has 2 aromatic rings. The van der Waals surface area contributed by atoms with Crippen LogP contribution in [0.25, 0.3) is 0 Å². The van der Waals surface area contributed by atoms with Gasteiger partial charge in [-0.15, -0.1) is 0 Å². The highest BCUT2D eigenvalue weighted by atomic mass is 127. The van der Waals surface area contributed by atoms with E-state index in [4.69, 9.17) is 23.2 Å². The van der Waals surface area contributed by atoms with Gasteiger partial charge in [-0.3, -0.25) is 4.79 Å². The normalized spacial score (nSPS) is 20.3. The molecule has 0 radical (unpaired) electrons. The Morgan fingerprint density at radius 2 is 1.95 bits per heavy atom. The highest BCUT2D eigenvalue weighted by Crippen LogP contribution is 2.45. The predicted molar refractivity (Wildman–Crippen MR) is 92.0 cm³/mol. The molecule has 1 aliphatic rings. The minimum absolute atomic E-state index is 0.256. The molecule has 0 aliphatic carbocycles. The fraction of sp³-hybridized carbons (Fsp3) is 0.133. The van der Waals surface area contributed by atoms with Crippen LogP contribution in [0.1, 0.15) is 16.7 Å². The molecule has 0 aromatic heterocycles. The average molecular weight is 434 g/mol. The van der Waals surface area contributed by atoms with Crippen LogP contribution in [0.5, 0.6) is 0 Å². The Bertz CT molecular complexity index is 779. The lowest BCUT2D eigenvalue weighted by Gasteiger charge is -2.24. The van der Waals surface area contributed by atoms with E-state index in [2.05, 4.69) is 27.9 Å². The number of benzene rings is 2. The van der Waals surface area contributed by atoms with Gasteiger partial charge in [-0.25, -0.2) is 0 Å². The van der Waals surface area contributed by atoms with Gasteiger partial charge in [0.2, 0.25) is 0 Å². The summed E-state index contributed by atoms with van der Waals surface area (Å²) in [5, 5.41) is 14.5. The SMILES string of the molecule is Cc1cc(I)cc2c1C(O)(c1ccc(Cl)cc1Cl)C(=O)N2. The molecule has 0 spiro atoms. The summed E-state index contributed by atoms with van der Waals surface area (Å²) in [5.74, 6) is -0.508. The molecule has 1 heterocycles. The van der Waals surface area contributed by atoms with Gasteiger partial charge in [0, 0.05) is 30.4 Å². The summed E-state index contributed by atoms with van der Waals surface area (Å²) in [6, 6.07) is 8.44. The molecular formula is C15H10Cl2INO2. The molecule has 1 amide bonds. The molecular weight excluding hydrogens is 424 g/mol. The van der Waals surface area contributed by atoms with Gasteiger partial charge in [0.05, 0.1) is 0 Å². The van der Waals surface area contributed by atoms with Crippen LogP contribution < -0.4 is 5.32 Å². The van der Waals surface area contributed by atoms with Crippen molar-refractivity contribution in [2.75, 3.05) is 5.32 Å². The first kappa shape index (κ1) is 15.1. The molecule has 1 atom stereocenters. The zero-order valence-electron chi connectivity index (χ0n) is 10.9. The minimum atomic E-state index is -1.80. The van der Waals surface area contributed by atoms with Crippen molar-refractivity contribution >= 4 is 57.4 Å². The zero-order chi connectivity index (χ0) is 15.4. The Morgan fingerprint density at radius 1 is 1.24 bits per heavy atom. The predicted octanol–water partition coefficient (Wildman–Crippen LogP) is 4.09. The number of fused-ring (bicyclic) bond motifs is 1. The molecule has 21 heavy (non-hydrogen) atoms. The monoisotopic (exact) mass is 433 g/mol. The molecule has 2 aromatic carbocycles. The summed E-state index contributed by atoms with van der Waals surface area (Å²) >= 11 is 14.2. The van der Waals surface area contributed by atoms with E-state index in [1.165, 1.54) is 6.07 Å². The van der Waals surface area contributed by atoms with E-state index < -0.39 is 11.5 Å². The molecule has 108 valence electrons. The number of carbonyl (C=O) groups excluding carboxylic acids is 1. The van der Waals surface area contributed by atoms with E-state index in [1.54, 1.807) is 12.1 Å². The maximum Gasteiger partial charge on any atom is 0.265 e. The minimum Gasteiger partial charge on any atom is -0.372 e. The standard InChI is InChI=1S/C15H10Cl2INO2/c1-7-4-9(18)6-12-13(7)15(21,14(20)19-12)10-3-2-8(16)5-11(10)17/h2-6,21H,1H3,(H,19,20). The van der Waals surface area contributed by atoms with Crippen molar-refractivity contribution in [3.8, 4) is 0 Å². The van der Waals surface area contributed by atoms with E-state index in [0.29, 0.717) is 21.8 Å². The topological polar surface area (TPSA) is 49.3 Å². The second-order valence-electron chi connectivity index (χ2n) is 4.93. The van der Waals surface area contributed by atoms with E-state index in [1.807, 2.05) is 19.1 Å². The van der Waals surface area contributed by atoms with E-state index in [-0.39, 0.29) is 5.02 Å². The third-order valence-corrected chi connectivity index (χ3v) is 4.73. The largest absolute Gasteiger partial charge is 0.372 e. The fourth-order valence-corrected chi connectivity index (χ4v) is 4.01. The Labute approximate surface area is 145 Å². The molecule has 0 saturated carbocycles. The van der Waals surface area contributed by atoms with Crippen LogP contribution in [-0.4, -0.2) is 11.0 Å². The number of amides is 1. The summed E-state index contributed by atoms with van der Waals surface area (Å²) in [4.78, 5) is 12.4. The van der Waals surface area contributed by atoms with Crippen LogP contribution in [-0.2, 0) is 10.4 Å². The van der Waals surface area contributed by atoms with Crippen molar-refractivity contribution in [2.45, 2.75) is 12.5 Å². The molecule has 2 N–H and O–H groups in total. The van der Waals surface area contributed by atoms with Crippen LogP contribution in [0, 0.1) is 10.5 Å². The quantitative estimate of drug-likeness (QED) is 0.665. The Kier molecular flexibility index (Phi) is 3.68. The molecule has 3 nitrogen and oxygen atoms in total. The summed E-state index contributed by atoms with van der Waals surface area (Å²) in [6.07, 6.45) is 0. The Morgan fingerprint density at radius 3 is 2.62 bits per heavy atom. The molecule has 0 bridgehead atoms. The van der Waals surface area contributed by atoms with Crippen molar-refractivity contribution in [3.63, 3.8) is 0 Å². The number of hydrogen-bond donors (Lipinski definition) is 2. The van der Waals surface area contributed by atoms with Gasteiger partial charge in [-0.2, -0.15) is 0 Å². The average Bonchev–Trinajstić information content (AvgIpc) is 2.61. The highest BCUT2D eigenvalue weighted by molar-refractivity contribution is 14.1. The third-order valence-electron chi connectivity index (χ3n) is 3.56. The lowest BCUT2D eigenvalue weighted by Crippen LogP contribution is -2.36. The summed E-state index contributed by atoms with van der Waals surface area (Å²) in [6.45, 7) is 1.86. The number of aryl methyl sites for hydroxylation is 1. The van der Waals surface area contributed by atoms with Crippen LogP contribution in [0.4, 0.5) is 5.69 Å². The highest BCUT2D eigenvalue weighted by Gasteiger charge is 2.49. The summed E-state index contributed by atoms with van der Waals surface area (Å²) in [7, 11) is 0. The van der Waals surface area contributed by atoms with Gasteiger partial charge in [0.1, 0.15) is 0 Å². The molecule has 1 aliphatic heterocycles. The van der Waals surface area contributed by atoms with Gasteiger partial charge in [0.15, 0.2) is 5.60 Å². The molecule has 1 unspecified atom stereocenters. The second-order valence-corrected chi connectivity index (χ2v) is 7.02. The first-order chi connectivity index (χ1) is 9.84. The number of aliphatic hydroxyl groups is 1. The van der Waals surface area contributed by atoms with Crippen molar-refractivity contribution in [1.82, 2.24) is 0 Å². The van der Waals surface area contributed by atoms with Crippen molar-refractivity contribution in [3.05, 3.63) is 60.6 Å². The van der Waals surface area contributed by atoms with Crippen molar-refractivity contribution in [2.24, 2.45) is 0 Å². The van der Waals surface area contributed by atoms with Crippen LogP contribution in [0.15, 0.2) is 30.3 Å². The van der Waals surface area contributed by atoms with E-state index in [9.17, 15) is 9.90 Å². The Hall–Kier alpha value is -0.820. The number of carbonyl (C=O) groups is 1. The molecule has 6 heteroatoms. The van der Waals surface area contributed by atoms with Gasteiger partial charge in [0.25, 0.3) is 5.91 Å². The summed E-state index contributed by atoms with van der Waals surface area (Å²) < 4.78 is 0.982. The van der Waals surface area contributed by atoms with Gasteiger partial charge in [-0.1, -0.05) is 29.3 Å². The van der Waals surface area contributed by atoms with Crippen LogP contribution in [0.3, 0.4) is 0 Å². The van der Waals surface area contributed by atoms with Crippen molar-refractivity contribution in [1.29, 1.82) is 0 Å². The maximum atomic E-state index is 12.4. The number of hydrogen-bond acceptors (Lipinski definition) is 2. The smallest absolute Gasteiger partial charge is 0.265 e. The fourth-order valence-electron chi connectivity index (χ4n) is 2.69. The maximum absolute atomic E-state index is 12.4. The number of halogens is 3. The Balaban J connectivity index is 2.30. The van der Waals surface area contributed by atoms with Gasteiger partial charge >= 0.3 is 0 Å². The second kappa shape index (κ2) is 5.12. The van der Waals surface area contributed by atoms with Crippen LogP contribution >= 0.6 is 45.8 Å². The van der Waals surface area contributed by atoms with E-state index >= 15 is 0 Å². The van der Waals surface area contributed by atoms with Crippen molar-refractivity contribution < 1.29 is 9.90 Å². The molecule has 0 saturated heterocycles. The lowest BCUT2D eigenvalue weighted by molar-refractivity contribution is -0.129. The van der Waals surface area contributed by atoms with E-state index in [0.717, 1.165) is 9.13 Å². The zero-order valence-corrected chi connectivity index (χ0v) is 14.5. The molecule has 0 fully saturated rings.